The van der Waals surface area contributed by atoms with Crippen LogP contribution in [0.2, 0.25) is 0 Å². The second-order valence-electron chi connectivity index (χ2n) is 6.05. The Labute approximate surface area is 150 Å². The maximum atomic E-state index is 12.5. The van der Waals surface area contributed by atoms with Gasteiger partial charge in [0.05, 0.1) is 30.3 Å². The smallest absolute Gasteiger partial charge is 0.356 e. The van der Waals surface area contributed by atoms with Gasteiger partial charge in [-0.25, -0.2) is 0 Å². The Morgan fingerprint density at radius 2 is 1.48 bits per heavy atom. The van der Waals surface area contributed by atoms with Crippen LogP contribution in [0.15, 0.2) is 29.2 Å². The molecule has 0 amide bonds. The van der Waals surface area contributed by atoms with Gasteiger partial charge in [-0.05, 0) is 46.8 Å². The maximum absolute atomic E-state index is 12.5. The topological polar surface area (TPSA) is 88.1 Å². The third-order valence-electron chi connectivity index (χ3n) is 2.77. The highest BCUT2D eigenvalue weighted by atomic mass is 32.2. The largest absolute Gasteiger partial charge is 0.366 e. The Bertz CT molecular complexity index is 654. The molecule has 1 aromatic carbocycles. The molecule has 0 aliphatic heterocycles. The number of hydrogen-bond donors (Lipinski definition) is 0. The molecule has 0 bridgehead atoms. The molecule has 25 heavy (non-hydrogen) atoms. The molecule has 0 aliphatic carbocycles. The molecule has 0 aliphatic rings. The molecule has 0 fully saturated rings. The van der Waals surface area contributed by atoms with E-state index < -0.39 is 17.7 Å². The highest BCUT2D eigenvalue weighted by molar-refractivity contribution is 7.86. The van der Waals surface area contributed by atoms with Gasteiger partial charge in [0, 0.05) is 0 Å². The van der Waals surface area contributed by atoms with Crippen LogP contribution in [0, 0.1) is 6.92 Å². The first-order valence-electron chi connectivity index (χ1n) is 8.04. The van der Waals surface area contributed by atoms with Gasteiger partial charge < -0.3 is 13.8 Å². The van der Waals surface area contributed by atoms with Gasteiger partial charge in [-0.15, -0.1) is 0 Å². The molecule has 1 aromatic rings. The summed E-state index contributed by atoms with van der Waals surface area (Å²) in [5.74, 6) is 0. The Hall–Kier alpha value is -0.760. The van der Waals surface area contributed by atoms with Crippen LogP contribution in [0.4, 0.5) is 0 Å². The summed E-state index contributed by atoms with van der Waals surface area (Å²) in [4.78, 5) is 0.0788. The minimum atomic E-state index is -3.84. The lowest BCUT2D eigenvalue weighted by Crippen LogP contribution is -2.15. The van der Waals surface area contributed by atoms with Crippen LogP contribution >= 0.6 is 7.60 Å². The number of aryl methyl sites for hydroxylation is 1. The molecule has 144 valence electrons. The minimum absolute atomic E-state index is 0.0575. The summed E-state index contributed by atoms with van der Waals surface area (Å²) >= 11 is 0. The van der Waals surface area contributed by atoms with Crippen molar-refractivity contribution in [2.75, 3.05) is 19.6 Å². The van der Waals surface area contributed by atoms with E-state index in [-0.39, 0.29) is 36.7 Å². The van der Waals surface area contributed by atoms with Crippen molar-refractivity contribution in [2.45, 2.75) is 51.7 Å². The number of hydrogen-bond acceptors (Lipinski definition) is 7. The van der Waals surface area contributed by atoms with E-state index in [4.69, 9.17) is 18.0 Å². The van der Waals surface area contributed by atoms with E-state index in [1.54, 1.807) is 39.8 Å². The number of ether oxygens (including phenoxy) is 1. The Morgan fingerprint density at radius 1 is 0.960 bits per heavy atom. The monoisotopic (exact) mass is 394 g/mol. The highest BCUT2D eigenvalue weighted by Gasteiger charge is 2.28. The van der Waals surface area contributed by atoms with Gasteiger partial charge in [0.1, 0.15) is 6.35 Å². The van der Waals surface area contributed by atoms with Gasteiger partial charge in [-0.2, -0.15) is 8.42 Å². The van der Waals surface area contributed by atoms with Gasteiger partial charge in [0.25, 0.3) is 10.1 Å². The van der Waals surface area contributed by atoms with Crippen molar-refractivity contribution in [1.82, 2.24) is 0 Å². The Kier molecular flexibility index (Phi) is 8.74. The van der Waals surface area contributed by atoms with Gasteiger partial charge in [-0.3, -0.25) is 8.75 Å². The Morgan fingerprint density at radius 3 is 1.96 bits per heavy atom. The van der Waals surface area contributed by atoms with E-state index in [1.165, 1.54) is 12.1 Å². The molecule has 0 spiro atoms. The summed E-state index contributed by atoms with van der Waals surface area (Å²) in [5, 5.41) is 0. The van der Waals surface area contributed by atoms with E-state index in [9.17, 15) is 13.0 Å². The molecule has 0 saturated carbocycles. The first kappa shape index (κ1) is 22.3. The minimum Gasteiger partial charge on any atom is -0.366 e. The van der Waals surface area contributed by atoms with Gasteiger partial charge in [-0.1, -0.05) is 17.7 Å². The zero-order valence-electron chi connectivity index (χ0n) is 15.3. The third kappa shape index (κ3) is 8.44. The molecule has 9 heteroatoms. The summed E-state index contributed by atoms with van der Waals surface area (Å²) < 4.78 is 57.4. The zero-order chi connectivity index (χ0) is 19.1. The Balaban J connectivity index is 2.48. The summed E-state index contributed by atoms with van der Waals surface area (Å²) in [7, 11) is -7.25. The van der Waals surface area contributed by atoms with Crippen LogP contribution in [0.25, 0.3) is 0 Å². The number of benzene rings is 1. The first-order chi connectivity index (χ1) is 11.5. The average molecular weight is 394 g/mol. The molecule has 0 N–H and O–H groups in total. The predicted molar refractivity (Wildman–Crippen MR) is 95.2 cm³/mol. The molecule has 0 unspecified atom stereocenters. The normalized spacial score (nSPS) is 12.9. The second kappa shape index (κ2) is 9.80. The van der Waals surface area contributed by atoms with Crippen molar-refractivity contribution in [3.05, 3.63) is 29.8 Å². The van der Waals surface area contributed by atoms with Crippen molar-refractivity contribution in [3.8, 4) is 0 Å². The van der Waals surface area contributed by atoms with Gasteiger partial charge in [0.2, 0.25) is 0 Å². The SMILES string of the molecule is Cc1ccc(S(=O)(=O)OCCOCP(=O)(OC(C)C)OC(C)C)cc1. The average Bonchev–Trinajstić information content (AvgIpc) is 2.45. The summed E-state index contributed by atoms with van der Waals surface area (Å²) in [5.41, 5.74) is 0.952. The molecule has 1 rings (SSSR count). The maximum Gasteiger partial charge on any atom is 0.356 e. The van der Waals surface area contributed by atoms with Crippen LogP contribution in [0.1, 0.15) is 33.3 Å². The summed E-state index contributed by atoms with van der Waals surface area (Å²) in [6, 6.07) is 6.34. The highest BCUT2D eigenvalue weighted by Crippen LogP contribution is 2.50. The lowest BCUT2D eigenvalue weighted by molar-refractivity contribution is 0.0863. The van der Waals surface area contributed by atoms with Gasteiger partial charge >= 0.3 is 7.60 Å². The van der Waals surface area contributed by atoms with Crippen LogP contribution in [0.3, 0.4) is 0 Å². The first-order valence-corrected chi connectivity index (χ1v) is 11.2. The van der Waals surface area contributed by atoms with E-state index in [0.29, 0.717) is 0 Å². The molecule has 0 heterocycles. The fourth-order valence-corrected chi connectivity index (χ4v) is 4.58. The lowest BCUT2D eigenvalue weighted by Gasteiger charge is -2.22. The van der Waals surface area contributed by atoms with Gasteiger partial charge in [0.15, 0.2) is 0 Å². The molecule has 0 aromatic heterocycles. The van der Waals surface area contributed by atoms with E-state index in [0.717, 1.165) is 5.56 Å². The van der Waals surface area contributed by atoms with Crippen molar-refractivity contribution in [1.29, 1.82) is 0 Å². The van der Waals surface area contributed by atoms with E-state index >= 15 is 0 Å². The molecule has 0 radical (unpaired) electrons. The standard InChI is InChI=1S/C16H27O7PS/c1-13(2)22-24(17,23-14(3)4)12-20-10-11-21-25(18,19)16-8-6-15(5)7-9-16/h6-9,13-14H,10-12H2,1-5H3. The van der Waals surface area contributed by atoms with Crippen molar-refractivity contribution >= 4 is 17.7 Å². The molecule has 0 saturated heterocycles. The van der Waals surface area contributed by atoms with Crippen LogP contribution in [-0.2, 0) is 32.7 Å². The number of rotatable bonds is 11. The fraction of sp³-hybridized carbons (Fsp3) is 0.625. The fourth-order valence-electron chi connectivity index (χ4n) is 1.88. The molecule has 7 nitrogen and oxygen atoms in total. The summed E-state index contributed by atoms with van der Waals surface area (Å²) in [6.45, 7) is 8.59. The molecular formula is C16H27O7PS. The van der Waals surface area contributed by atoms with Crippen LogP contribution in [0.5, 0.6) is 0 Å². The zero-order valence-corrected chi connectivity index (χ0v) is 17.0. The van der Waals surface area contributed by atoms with Crippen LogP contribution < -0.4 is 0 Å². The van der Waals surface area contributed by atoms with Crippen molar-refractivity contribution in [3.63, 3.8) is 0 Å². The molecule has 0 atom stereocenters. The van der Waals surface area contributed by atoms with Crippen molar-refractivity contribution < 1.29 is 31.0 Å². The third-order valence-corrected chi connectivity index (χ3v) is 6.08. The van der Waals surface area contributed by atoms with Crippen LogP contribution in [-0.4, -0.2) is 40.2 Å². The lowest BCUT2D eigenvalue weighted by atomic mass is 10.2. The summed E-state index contributed by atoms with van der Waals surface area (Å²) in [6.07, 6.45) is -0.838. The predicted octanol–water partition coefficient (Wildman–Crippen LogP) is 3.72. The van der Waals surface area contributed by atoms with E-state index in [1.807, 2.05) is 6.92 Å². The molecular weight excluding hydrogens is 367 g/mol. The second-order valence-corrected chi connectivity index (χ2v) is 9.56. The van der Waals surface area contributed by atoms with E-state index in [2.05, 4.69) is 0 Å². The van der Waals surface area contributed by atoms with Crippen molar-refractivity contribution in [2.24, 2.45) is 0 Å². The quantitative estimate of drug-likeness (QED) is 0.321.